The van der Waals surface area contributed by atoms with Crippen molar-refractivity contribution < 1.29 is 14.0 Å². The summed E-state index contributed by atoms with van der Waals surface area (Å²) in [7, 11) is 0. The van der Waals surface area contributed by atoms with Gasteiger partial charge in [0.1, 0.15) is 5.76 Å². The van der Waals surface area contributed by atoms with Crippen LogP contribution in [-0.4, -0.2) is 18.4 Å². The normalized spacial score (nSPS) is 10.3. The molecule has 2 aromatic carbocycles. The van der Waals surface area contributed by atoms with Gasteiger partial charge in [0.25, 0.3) is 0 Å². The van der Waals surface area contributed by atoms with E-state index in [1.807, 2.05) is 48.5 Å². The van der Waals surface area contributed by atoms with Crippen LogP contribution in [0.2, 0.25) is 0 Å². The van der Waals surface area contributed by atoms with E-state index in [1.54, 1.807) is 24.5 Å². The van der Waals surface area contributed by atoms with Crippen LogP contribution in [0.5, 0.6) is 0 Å². The van der Waals surface area contributed by atoms with Gasteiger partial charge in [0, 0.05) is 17.8 Å². The molecule has 2 amide bonds. The summed E-state index contributed by atoms with van der Waals surface area (Å²) in [6.45, 7) is 0.483. The number of benzene rings is 2. The lowest BCUT2D eigenvalue weighted by Gasteiger charge is -2.10. The fourth-order valence-corrected chi connectivity index (χ4v) is 2.68. The molecule has 3 rings (SSSR count). The minimum Gasteiger partial charge on any atom is -0.467 e. The predicted octanol–water partition coefficient (Wildman–Crippen LogP) is 3.58. The van der Waals surface area contributed by atoms with Crippen LogP contribution < -0.4 is 16.0 Å². The van der Waals surface area contributed by atoms with Crippen molar-refractivity contribution in [2.45, 2.75) is 19.4 Å². The number of carbonyl (C=O) groups excluding carboxylic acids is 2. The monoisotopic (exact) mass is 377 g/mol. The number of amides is 2. The molecule has 0 saturated heterocycles. The summed E-state index contributed by atoms with van der Waals surface area (Å²) in [6.07, 6.45) is 2.68. The Hall–Kier alpha value is -3.54. The maximum Gasteiger partial charge on any atom is 0.239 e. The van der Waals surface area contributed by atoms with Crippen molar-refractivity contribution in [3.63, 3.8) is 0 Å². The molecule has 0 fully saturated rings. The zero-order valence-corrected chi connectivity index (χ0v) is 15.5. The highest BCUT2D eigenvalue weighted by Gasteiger charge is 2.06. The van der Waals surface area contributed by atoms with Crippen LogP contribution >= 0.6 is 0 Å². The molecule has 0 spiro atoms. The molecule has 0 aliphatic heterocycles. The van der Waals surface area contributed by atoms with E-state index in [2.05, 4.69) is 16.0 Å². The third kappa shape index (κ3) is 6.32. The maximum atomic E-state index is 12.2. The molecule has 6 heteroatoms. The van der Waals surface area contributed by atoms with E-state index in [4.69, 9.17) is 4.42 Å². The lowest BCUT2D eigenvalue weighted by atomic mass is 10.1. The Morgan fingerprint density at radius 3 is 2.46 bits per heavy atom. The summed E-state index contributed by atoms with van der Waals surface area (Å²) < 4.78 is 5.17. The molecule has 0 atom stereocenters. The highest BCUT2D eigenvalue weighted by Crippen LogP contribution is 2.15. The first kappa shape index (κ1) is 19.2. The average molecular weight is 377 g/mol. The van der Waals surface area contributed by atoms with Crippen LogP contribution in [0, 0.1) is 0 Å². The van der Waals surface area contributed by atoms with Crippen molar-refractivity contribution in [3.8, 4) is 0 Å². The molecule has 0 bridgehead atoms. The number of anilines is 2. The van der Waals surface area contributed by atoms with Crippen LogP contribution in [0.1, 0.15) is 17.7 Å². The second kappa shape index (κ2) is 9.97. The van der Waals surface area contributed by atoms with Gasteiger partial charge in [-0.25, -0.2) is 0 Å². The highest BCUT2D eigenvalue weighted by molar-refractivity contribution is 5.91. The molecular weight excluding hydrogens is 354 g/mol. The van der Waals surface area contributed by atoms with E-state index in [9.17, 15) is 9.59 Å². The van der Waals surface area contributed by atoms with Crippen LogP contribution in [0.3, 0.4) is 0 Å². The molecule has 1 aromatic heterocycles. The molecule has 28 heavy (non-hydrogen) atoms. The van der Waals surface area contributed by atoms with Gasteiger partial charge in [0.15, 0.2) is 0 Å². The fraction of sp³-hybridized carbons (Fsp3) is 0.182. The first-order chi connectivity index (χ1) is 13.7. The van der Waals surface area contributed by atoms with E-state index >= 15 is 0 Å². The van der Waals surface area contributed by atoms with Crippen molar-refractivity contribution in [3.05, 3.63) is 84.3 Å². The van der Waals surface area contributed by atoms with Gasteiger partial charge < -0.3 is 20.4 Å². The molecule has 0 aliphatic carbocycles. The quantitative estimate of drug-likeness (QED) is 0.532. The summed E-state index contributed by atoms with van der Waals surface area (Å²) in [4.78, 5) is 24.1. The van der Waals surface area contributed by atoms with E-state index in [1.165, 1.54) is 0 Å². The molecular formula is C22H23N3O3. The molecule has 3 aromatic rings. The van der Waals surface area contributed by atoms with Gasteiger partial charge in [-0.2, -0.15) is 0 Å². The third-order valence-electron chi connectivity index (χ3n) is 4.12. The van der Waals surface area contributed by atoms with E-state index in [0.29, 0.717) is 30.8 Å². The Balaban J connectivity index is 1.42. The second-order valence-electron chi connectivity index (χ2n) is 6.32. The average Bonchev–Trinajstić information content (AvgIpc) is 3.24. The third-order valence-corrected chi connectivity index (χ3v) is 4.12. The topological polar surface area (TPSA) is 83.4 Å². The van der Waals surface area contributed by atoms with Crippen LogP contribution in [-0.2, 0) is 22.6 Å². The van der Waals surface area contributed by atoms with Gasteiger partial charge in [-0.1, -0.05) is 36.4 Å². The Kier molecular flexibility index (Phi) is 6.84. The van der Waals surface area contributed by atoms with Gasteiger partial charge in [-0.15, -0.1) is 0 Å². The van der Waals surface area contributed by atoms with Gasteiger partial charge in [-0.05, 0) is 42.3 Å². The summed E-state index contributed by atoms with van der Waals surface area (Å²) in [6, 6.07) is 20.8. The van der Waals surface area contributed by atoms with Gasteiger partial charge in [0.2, 0.25) is 11.8 Å². The minimum atomic E-state index is -0.145. The van der Waals surface area contributed by atoms with E-state index < -0.39 is 0 Å². The van der Waals surface area contributed by atoms with Crippen molar-refractivity contribution in [2.24, 2.45) is 0 Å². The number of carbonyl (C=O) groups is 2. The molecule has 1 heterocycles. The second-order valence-corrected chi connectivity index (χ2v) is 6.32. The highest BCUT2D eigenvalue weighted by atomic mass is 16.3. The predicted molar refractivity (Wildman–Crippen MR) is 109 cm³/mol. The van der Waals surface area contributed by atoms with Crippen molar-refractivity contribution in [1.82, 2.24) is 5.32 Å². The molecule has 0 radical (unpaired) electrons. The Labute approximate surface area is 164 Å². The smallest absolute Gasteiger partial charge is 0.239 e. The molecule has 6 nitrogen and oxygen atoms in total. The molecule has 144 valence electrons. The molecule has 3 N–H and O–H groups in total. The minimum absolute atomic E-state index is 0.0443. The maximum absolute atomic E-state index is 12.2. The number of aryl methyl sites for hydroxylation is 1. The SMILES string of the molecule is O=C(CNc1cccc(NC(=O)CCc2ccccc2)c1)NCc1ccco1. The standard InChI is InChI=1S/C22H23N3O3/c26-21(12-11-17-6-2-1-3-7-17)25-19-9-4-8-18(14-19)23-16-22(27)24-15-20-10-5-13-28-20/h1-10,13-14,23H,11-12,15-16H2,(H,24,27)(H,25,26). The number of furan rings is 1. The summed E-state index contributed by atoms with van der Waals surface area (Å²) in [5, 5.41) is 8.71. The number of rotatable bonds is 9. The molecule has 0 unspecified atom stereocenters. The Morgan fingerprint density at radius 1 is 0.857 bits per heavy atom. The number of nitrogens with one attached hydrogen (secondary N) is 3. The lowest BCUT2D eigenvalue weighted by Crippen LogP contribution is -2.29. The van der Waals surface area contributed by atoms with Crippen LogP contribution in [0.15, 0.2) is 77.4 Å². The summed E-state index contributed by atoms with van der Waals surface area (Å²) in [5.74, 6) is 0.513. The zero-order chi connectivity index (χ0) is 19.6. The summed E-state index contributed by atoms with van der Waals surface area (Å²) in [5.41, 5.74) is 2.58. The first-order valence-corrected chi connectivity index (χ1v) is 9.16. The molecule has 0 aliphatic rings. The largest absolute Gasteiger partial charge is 0.467 e. The van der Waals surface area contributed by atoms with Crippen LogP contribution in [0.4, 0.5) is 11.4 Å². The molecule has 0 saturated carbocycles. The Bertz CT molecular complexity index is 892. The van der Waals surface area contributed by atoms with Gasteiger partial charge >= 0.3 is 0 Å². The van der Waals surface area contributed by atoms with Crippen LogP contribution in [0.25, 0.3) is 0 Å². The number of hydrogen-bond donors (Lipinski definition) is 3. The van der Waals surface area contributed by atoms with Crippen molar-refractivity contribution in [2.75, 3.05) is 17.2 Å². The zero-order valence-electron chi connectivity index (χ0n) is 15.5. The number of hydrogen-bond acceptors (Lipinski definition) is 4. The van der Waals surface area contributed by atoms with Crippen molar-refractivity contribution in [1.29, 1.82) is 0 Å². The van der Waals surface area contributed by atoms with Gasteiger partial charge in [0.05, 0.1) is 19.4 Å². The first-order valence-electron chi connectivity index (χ1n) is 9.16. The van der Waals surface area contributed by atoms with E-state index in [-0.39, 0.29) is 18.4 Å². The Morgan fingerprint density at radius 2 is 1.68 bits per heavy atom. The van der Waals surface area contributed by atoms with Crippen molar-refractivity contribution >= 4 is 23.2 Å². The summed E-state index contributed by atoms with van der Waals surface area (Å²) >= 11 is 0. The fourth-order valence-electron chi connectivity index (χ4n) is 2.68. The van der Waals surface area contributed by atoms with Gasteiger partial charge in [-0.3, -0.25) is 9.59 Å². The van der Waals surface area contributed by atoms with E-state index in [0.717, 1.165) is 11.3 Å². The lowest BCUT2D eigenvalue weighted by molar-refractivity contribution is -0.119.